The van der Waals surface area contributed by atoms with Gasteiger partial charge in [-0.1, -0.05) is 6.07 Å². The summed E-state index contributed by atoms with van der Waals surface area (Å²) in [5.41, 5.74) is 2.90. The minimum Gasteiger partial charge on any atom is -0.381 e. The topological polar surface area (TPSA) is 44.0 Å². The summed E-state index contributed by atoms with van der Waals surface area (Å²) in [7, 11) is 0. The summed E-state index contributed by atoms with van der Waals surface area (Å²) < 4.78 is 26.4. The molecule has 1 fully saturated rings. The molecule has 130 valence electrons. The molecule has 3 aromatic rings. The molecule has 4 rings (SSSR count). The van der Waals surface area contributed by atoms with E-state index in [1.807, 2.05) is 12.3 Å². The van der Waals surface area contributed by atoms with Crippen molar-refractivity contribution in [3.63, 3.8) is 0 Å². The van der Waals surface area contributed by atoms with Crippen molar-refractivity contribution < 1.29 is 8.78 Å². The summed E-state index contributed by atoms with van der Waals surface area (Å²) in [6.07, 6.45) is 3.99. The van der Waals surface area contributed by atoms with Gasteiger partial charge in [0.2, 0.25) is 0 Å². The highest BCUT2D eigenvalue weighted by atomic mass is 19.2. The number of rotatable bonds is 4. The predicted octanol–water partition coefficient (Wildman–Crippen LogP) is 3.92. The lowest BCUT2D eigenvalue weighted by molar-refractivity contribution is 0.208. The van der Waals surface area contributed by atoms with Crippen molar-refractivity contribution in [2.24, 2.45) is 0 Å². The highest BCUT2D eigenvalue weighted by Crippen LogP contribution is 2.21. The average molecular weight is 342 g/mol. The number of likely N-dealkylation sites (tertiary alicyclic amines) is 1. The Morgan fingerprint density at radius 2 is 2.08 bits per heavy atom. The maximum absolute atomic E-state index is 13.4. The van der Waals surface area contributed by atoms with Gasteiger partial charge in [0.25, 0.3) is 0 Å². The second kappa shape index (κ2) is 6.80. The molecule has 25 heavy (non-hydrogen) atoms. The zero-order chi connectivity index (χ0) is 17.2. The maximum atomic E-state index is 13.4. The van der Waals surface area contributed by atoms with Gasteiger partial charge >= 0.3 is 0 Å². The van der Waals surface area contributed by atoms with Gasteiger partial charge in [-0.2, -0.15) is 5.10 Å². The summed E-state index contributed by atoms with van der Waals surface area (Å²) in [5.74, 6) is -1.57. The molecule has 2 N–H and O–H groups in total. The molecule has 1 aliphatic rings. The molecule has 2 aromatic carbocycles. The Hall–Kier alpha value is -2.47. The number of hydrogen-bond donors (Lipinski definition) is 2. The number of aromatic amines is 1. The summed E-state index contributed by atoms with van der Waals surface area (Å²) >= 11 is 0. The first-order valence-electron chi connectivity index (χ1n) is 8.53. The molecule has 6 heteroatoms. The quantitative estimate of drug-likeness (QED) is 0.755. The van der Waals surface area contributed by atoms with Crippen LogP contribution in [0.4, 0.5) is 14.5 Å². The number of fused-ring (bicyclic) bond motifs is 1. The molecule has 1 unspecified atom stereocenters. The summed E-state index contributed by atoms with van der Waals surface area (Å²) in [6, 6.07) is 10.6. The van der Waals surface area contributed by atoms with Gasteiger partial charge in [-0.3, -0.25) is 10.00 Å². The molecule has 0 radical (unpaired) electrons. The number of hydrogen-bond acceptors (Lipinski definition) is 3. The van der Waals surface area contributed by atoms with Gasteiger partial charge in [0.1, 0.15) is 0 Å². The van der Waals surface area contributed by atoms with E-state index in [-0.39, 0.29) is 0 Å². The van der Waals surface area contributed by atoms with Crippen molar-refractivity contribution in [3.8, 4) is 0 Å². The van der Waals surface area contributed by atoms with Crippen LogP contribution in [0.2, 0.25) is 0 Å². The van der Waals surface area contributed by atoms with Crippen LogP contribution in [0.5, 0.6) is 0 Å². The van der Waals surface area contributed by atoms with E-state index >= 15 is 0 Å². The molecule has 1 aliphatic heterocycles. The number of benzene rings is 2. The second-order valence-corrected chi connectivity index (χ2v) is 6.64. The zero-order valence-electron chi connectivity index (χ0n) is 13.8. The van der Waals surface area contributed by atoms with Crippen LogP contribution < -0.4 is 5.32 Å². The molecule has 4 nitrogen and oxygen atoms in total. The van der Waals surface area contributed by atoms with Crippen LogP contribution in [0.15, 0.2) is 42.6 Å². The largest absolute Gasteiger partial charge is 0.381 e. The average Bonchev–Trinajstić information content (AvgIpc) is 3.06. The van der Waals surface area contributed by atoms with E-state index in [4.69, 9.17) is 0 Å². The molecule has 1 saturated heterocycles. The summed E-state index contributed by atoms with van der Waals surface area (Å²) in [4.78, 5) is 2.28. The van der Waals surface area contributed by atoms with E-state index in [9.17, 15) is 8.78 Å². The predicted molar refractivity (Wildman–Crippen MR) is 94.4 cm³/mol. The van der Waals surface area contributed by atoms with Crippen LogP contribution >= 0.6 is 0 Å². The Morgan fingerprint density at radius 1 is 1.16 bits per heavy atom. The Morgan fingerprint density at radius 3 is 2.96 bits per heavy atom. The highest BCUT2D eigenvalue weighted by Gasteiger charge is 2.20. The highest BCUT2D eigenvalue weighted by molar-refractivity contribution is 5.81. The second-order valence-electron chi connectivity index (χ2n) is 6.64. The Labute approximate surface area is 144 Å². The minimum absolute atomic E-state index is 0.336. The van der Waals surface area contributed by atoms with Crippen LogP contribution in [0.3, 0.4) is 0 Å². The van der Waals surface area contributed by atoms with Crippen molar-refractivity contribution in [2.45, 2.75) is 25.4 Å². The van der Waals surface area contributed by atoms with Crippen molar-refractivity contribution in [3.05, 3.63) is 59.8 Å². The number of nitrogens with zero attached hydrogens (tertiary/aromatic N) is 2. The fraction of sp³-hybridized carbons (Fsp3) is 0.316. The first-order valence-corrected chi connectivity index (χ1v) is 8.53. The third kappa shape index (κ3) is 3.64. The minimum atomic E-state index is -0.795. The molecule has 0 spiro atoms. The lowest BCUT2D eigenvalue weighted by atomic mass is 10.0. The van der Waals surface area contributed by atoms with Gasteiger partial charge in [0.15, 0.2) is 11.6 Å². The fourth-order valence-corrected chi connectivity index (χ4v) is 3.48. The SMILES string of the molecule is Fc1ccc(CN2CCCC(Nc3ccc4[nH]ncc4c3)C2)cc1F. The molecule has 0 saturated carbocycles. The molecular formula is C19H20F2N4. The third-order valence-electron chi connectivity index (χ3n) is 4.71. The smallest absolute Gasteiger partial charge is 0.159 e. The van der Waals surface area contributed by atoms with E-state index in [2.05, 4.69) is 32.5 Å². The molecule has 2 heterocycles. The van der Waals surface area contributed by atoms with Crippen molar-refractivity contribution >= 4 is 16.6 Å². The van der Waals surface area contributed by atoms with Crippen molar-refractivity contribution in [1.82, 2.24) is 15.1 Å². The van der Waals surface area contributed by atoms with Gasteiger partial charge < -0.3 is 5.32 Å². The summed E-state index contributed by atoms with van der Waals surface area (Å²) in [6.45, 7) is 2.48. The van der Waals surface area contributed by atoms with Crippen LogP contribution in [-0.2, 0) is 6.54 Å². The summed E-state index contributed by atoms with van der Waals surface area (Å²) in [5, 5.41) is 11.7. The molecule has 0 amide bonds. The van der Waals surface area contributed by atoms with Crippen LogP contribution in [-0.4, -0.2) is 34.2 Å². The number of nitrogens with one attached hydrogen (secondary N) is 2. The van der Waals surface area contributed by atoms with E-state index in [1.54, 1.807) is 6.07 Å². The first-order chi connectivity index (χ1) is 12.2. The third-order valence-corrected chi connectivity index (χ3v) is 4.71. The van der Waals surface area contributed by atoms with Gasteiger partial charge in [0, 0.05) is 30.2 Å². The first kappa shape index (κ1) is 16.0. The van der Waals surface area contributed by atoms with E-state index in [0.29, 0.717) is 12.6 Å². The van der Waals surface area contributed by atoms with Crippen molar-refractivity contribution in [2.75, 3.05) is 18.4 Å². The molecular weight excluding hydrogens is 322 g/mol. The standard InChI is InChI=1S/C19H20F2N4/c20-17-5-3-13(8-18(17)21)11-25-7-1-2-16(12-25)23-15-4-6-19-14(9-15)10-22-24-19/h3-6,8-10,16,23H,1-2,7,11-12H2,(H,22,24). The number of halogens is 2. The molecule has 1 atom stereocenters. The van der Waals surface area contributed by atoms with E-state index in [0.717, 1.165) is 48.1 Å². The van der Waals surface area contributed by atoms with Gasteiger partial charge in [0.05, 0.1) is 11.7 Å². The molecule has 0 aliphatic carbocycles. The lowest BCUT2D eigenvalue weighted by Crippen LogP contribution is -2.41. The van der Waals surface area contributed by atoms with E-state index < -0.39 is 11.6 Å². The van der Waals surface area contributed by atoms with Crippen LogP contribution in [0, 0.1) is 11.6 Å². The fourth-order valence-electron chi connectivity index (χ4n) is 3.48. The maximum Gasteiger partial charge on any atom is 0.159 e. The van der Waals surface area contributed by atoms with E-state index in [1.165, 1.54) is 12.1 Å². The molecule has 1 aromatic heterocycles. The monoisotopic (exact) mass is 342 g/mol. The van der Waals surface area contributed by atoms with Gasteiger partial charge in [-0.05, 0) is 55.3 Å². The number of piperidine rings is 1. The Balaban J connectivity index is 1.40. The molecule has 0 bridgehead atoms. The van der Waals surface area contributed by atoms with Crippen LogP contribution in [0.1, 0.15) is 18.4 Å². The lowest BCUT2D eigenvalue weighted by Gasteiger charge is -2.33. The van der Waals surface area contributed by atoms with Crippen molar-refractivity contribution in [1.29, 1.82) is 0 Å². The Bertz CT molecular complexity index is 877. The van der Waals surface area contributed by atoms with Gasteiger partial charge in [-0.25, -0.2) is 8.78 Å². The normalized spacial score (nSPS) is 18.6. The number of aromatic nitrogens is 2. The van der Waals surface area contributed by atoms with Crippen LogP contribution in [0.25, 0.3) is 10.9 Å². The zero-order valence-corrected chi connectivity index (χ0v) is 13.8. The Kier molecular flexibility index (Phi) is 4.36. The van der Waals surface area contributed by atoms with Gasteiger partial charge in [-0.15, -0.1) is 0 Å². The number of anilines is 1. The number of H-pyrrole nitrogens is 1.